The monoisotopic (exact) mass is 312 g/mol. The SMILES string of the molecule is CN1CCCC(N(C)C(=O)c2ccnc(Cl)c2[N+](=O)[O-])C1. The Balaban J connectivity index is 2.27. The van der Waals surface area contributed by atoms with Crippen LogP contribution in [0.4, 0.5) is 5.69 Å². The van der Waals surface area contributed by atoms with E-state index in [1.54, 1.807) is 11.9 Å². The van der Waals surface area contributed by atoms with Crippen molar-refractivity contribution in [2.24, 2.45) is 0 Å². The van der Waals surface area contributed by atoms with Gasteiger partial charge >= 0.3 is 5.69 Å². The zero-order chi connectivity index (χ0) is 15.6. The molecule has 1 saturated heterocycles. The molecule has 0 aliphatic carbocycles. The van der Waals surface area contributed by atoms with E-state index in [-0.39, 0.29) is 16.8 Å². The van der Waals surface area contributed by atoms with Gasteiger partial charge in [0.25, 0.3) is 5.91 Å². The highest BCUT2D eigenvalue weighted by Crippen LogP contribution is 2.28. The summed E-state index contributed by atoms with van der Waals surface area (Å²) in [6.45, 7) is 1.76. The number of nitrogens with zero attached hydrogens (tertiary/aromatic N) is 4. The van der Waals surface area contributed by atoms with Crippen molar-refractivity contribution in [3.63, 3.8) is 0 Å². The number of rotatable bonds is 3. The Hall–Kier alpha value is -1.73. The molecule has 114 valence electrons. The van der Waals surface area contributed by atoms with Crippen LogP contribution in [-0.4, -0.2) is 58.8 Å². The predicted molar refractivity (Wildman–Crippen MR) is 78.5 cm³/mol. The third-order valence-electron chi connectivity index (χ3n) is 3.76. The second-order valence-electron chi connectivity index (χ2n) is 5.23. The molecule has 0 spiro atoms. The summed E-state index contributed by atoms with van der Waals surface area (Å²) in [6, 6.07) is 1.39. The number of nitro groups is 1. The van der Waals surface area contributed by atoms with Crippen LogP contribution in [-0.2, 0) is 0 Å². The Morgan fingerprint density at radius 3 is 2.95 bits per heavy atom. The first-order chi connectivity index (χ1) is 9.91. The van der Waals surface area contributed by atoms with Crippen molar-refractivity contribution in [1.82, 2.24) is 14.8 Å². The lowest BCUT2D eigenvalue weighted by atomic mass is 10.0. The maximum Gasteiger partial charge on any atom is 0.319 e. The Morgan fingerprint density at radius 1 is 1.62 bits per heavy atom. The molecule has 7 nitrogen and oxygen atoms in total. The molecule has 1 fully saturated rings. The van der Waals surface area contributed by atoms with Crippen molar-refractivity contribution in [2.45, 2.75) is 18.9 Å². The lowest BCUT2D eigenvalue weighted by molar-refractivity contribution is -0.385. The quantitative estimate of drug-likeness (QED) is 0.483. The number of carbonyl (C=O) groups is 1. The van der Waals surface area contributed by atoms with Crippen molar-refractivity contribution in [3.8, 4) is 0 Å². The van der Waals surface area contributed by atoms with Crippen molar-refractivity contribution in [1.29, 1.82) is 0 Å². The lowest BCUT2D eigenvalue weighted by Crippen LogP contribution is -2.47. The largest absolute Gasteiger partial charge is 0.337 e. The predicted octanol–water partition coefficient (Wildman–Crippen LogP) is 1.81. The number of hydrogen-bond acceptors (Lipinski definition) is 5. The molecule has 0 bridgehead atoms. The summed E-state index contributed by atoms with van der Waals surface area (Å²) in [7, 11) is 3.67. The van der Waals surface area contributed by atoms with Gasteiger partial charge in [-0.3, -0.25) is 14.9 Å². The van der Waals surface area contributed by atoms with Crippen LogP contribution in [0.5, 0.6) is 0 Å². The number of likely N-dealkylation sites (N-methyl/N-ethyl adjacent to an activating group) is 2. The average molecular weight is 313 g/mol. The molecule has 1 unspecified atom stereocenters. The summed E-state index contributed by atoms with van der Waals surface area (Å²) in [4.78, 5) is 30.4. The Kier molecular flexibility index (Phi) is 4.74. The Labute approximate surface area is 127 Å². The molecular formula is C13H17ClN4O3. The molecule has 21 heavy (non-hydrogen) atoms. The molecular weight excluding hydrogens is 296 g/mol. The fourth-order valence-corrected chi connectivity index (χ4v) is 2.81. The van der Waals surface area contributed by atoms with Gasteiger partial charge in [0.1, 0.15) is 5.56 Å². The van der Waals surface area contributed by atoms with E-state index in [9.17, 15) is 14.9 Å². The number of halogens is 1. The second-order valence-corrected chi connectivity index (χ2v) is 5.59. The number of amides is 1. The zero-order valence-corrected chi connectivity index (χ0v) is 12.7. The van der Waals surface area contributed by atoms with Crippen molar-refractivity contribution >= 4 is 23.2 Å². The first-order valence-corrected chi connectivity index (χ1v) is 7.04. The molecule has 1 atom stereocenters. The molecule has 1 aromatic rings. The molecule has 1 aliphatic heterocycles. The second kappa shape index (κ2) is 6.36. The van der Waals surface area contributed by atoms with Gasteiger partial charge in [0.05, 0.1) is 4.92 Å². The first-order valence-electron chi connectivity index (χ1n) is 6.66. The number of carbonyl (C=O) groups excluding carboxylic acids is 1. The van der Waals surface area contributed by atoms with Crippen LogP contribution in [0.3, 0.4) is 0 Å². The van der Waals surface area contributed by atoms with E-state index >= 15 is 0 Å². The summed E-state index contributed by atoms with van der Waals surface area (Å²) < 4.78 is 0. The van der Waals surface area contributed by atoms with Gasteiger partial charge in [-0.2, -0.15) is 0 Å². The smallest absolute Gasteiger partial charge is 0.319 e. The fraction of sp³-hybridized carbons (Fsp3) is 0.538. The maximum absolute atomic E-state index is 12.5. The molecule has 1 aromatic heterocycles. The average Bonchev–Trinajstić information content (AvgIpc) is 2.45. The van der Waals surface area contributed by atoms with Crippen molar-refractivity contribution in [2.75, 3.05) is 27.2 Å². The molecule has 2 rings (SSSR count). The standard InChI is InChI=1S/C13H17ClN4O3/c1-16-7-3-4-9(8-16)17(2)13(19)10-5-6-15-12(14)11(10)18(20)21/h5-6,9H,3-4,7-8H2,1-2H3. The molecule has 0 aromatic carbocycles. The molecule has 0 saturated carbocycles. The van der Waals surface area contributed by atoms with E-state index < -0.39 is 16.5 Å². The van der Waals surface area contributed by atoms with Gasteiger partial charge in [-0.15, -0.1) is 0 Å². The highest BCUT2D eigenvalue weighted by molar-refractivity contribution is 6.32. The van der Waals surface area contributed by atoms with Gasteiger partial charge in [0.2, 0.25) is 5.15 Å². The van der Waals surface area contributed by atoms with Gasteiger partial charge < -0.3 is 9.80 Å². The third-order valence-corrected chi connectivity index (χ3v) is 4.04. The first kappa shape index (κ1) is 15.7. The van der Waals surface area contributed by atoms with Crippen LogP contribution < -0.4 is 0 Å². The number of piperidine rings is 1. The minimum absolute atomic E-state index is 0.0178. The summed E-state index contributed by atoms with van der Waals surface area (Å²) in [5.74, 6) is -0.397. The maximum atomic E-state index is 12.5. The molecule has 0 radical (unpaired) electrons. The normalized spacial score (nSPS) is 19.3. The Bertz CT molecular complexity index is 566. The molecule has 0 N–H and O–H groups in total. The summed E-state index contributed by atoms with van der Waals surface area (Å²) in [6.07, 6.45) is 3.20. The minimum atomic E-state index is -0.663. The number of aromatic nitrogens is 1. The molecule has 8 heteroatoms. The van der Waals surface area contributed by atoms with E-state index in [1.165, 1.54) is 12.3 Å². The fourth-order valence-electron chi connectivity index (χ4n) is 2.59. The third kappa shape index (κ3) is 3.30. The van der Waals surface area contributed by atoms with Crippen molar-refractivity contribution < 1.29 is 9.72 Å². The van der Waals surface area contributed by atoms with Gasteiger partial charge in [0.15, 0.2) is 0 Å². The molecule has 2 heterocycles. The van der Waals surface area contributed by atoms with Crippen LogP contribution in [0.25, 0.3) is 0 Å². The van der Waals surface area contributed by atoms with E-state index in [0.717, 1.165) is 25.9 Å². The van der Waals surface area contributed by atoms with Gasteiger partial charge in [0, 0.05) is 25.8 Å². The summed E-state index contributed by atoms with van der Waals surface area (Å²) in [5.41, 5.74) is -0.448. The van der Waals surface area contributed by atoms with E-state index in [0.29, 0.717) is 0 Å². The van der Waals surface area contributed by atoms with Crippen LogP contribution >= 0.6 is 11.6 Å². The van der Waals surface area contributed by atoms with Gasteiger partial charge in [-0.1, -0.05) is 11.6 Å². The van der Waals surface area contributed by atoms with E-state index in [2.05, 4.69) is 9.88 Å². The van der Waals surface area contributed by atoms with Crippen LogP contribution in [0.2, 0.25) is 5.15 Å². The Morgan fingerprint density at radius 2 is 2.33 bits per heavy atom. The minimum Gasteiger partial charge on any atom is -0.337 e. The van der Waals surface area contributed by atoms with Gasteiger partial charge in [-0.25, -0.2) is 4.98 Å². The van der Waals surface area contributed by atoms with Gasteiger partial charge in [-0.05, 0) is 32.5 Å². The lowest BCUT2D eigenvalue weighted by Gasteiger charge is -2.35. The zero-order valence-electron chi connectivity index (χ0n) is 12.0. The highest BCUT2D eigenvalue weighted by Gasteiger charge is 2.31. The number of likely N-dealkylation sites (tertiary alicyclic amines) is 1. The van der Waals surface area contributed by atoms with E-state index in [1.807, 2.05) is 7.05 Å². The van der Waals surface area contributed by atoms with E-state index in [4.69, 9.17) is 11.6 Å². The summed E-state index contributed by atoms with van der Waals surface area (Å²) in [5, 5.41) is 10.8. The van der Waals surface area contributed by atoms with Crippen LogP contribution in [0, 0.1) is 10.1 Å². The molecule has 1 amide bonds. The van der Waals surface area contributed by atoms with Crippen molar-refractivity contribution in [3.05, 3.63) is 33.1 Å². The summed E-state index contributed by atoms with van der Waals surface area (Å²) >= 11 is 5.75. The highest BCUT2D eigenvalue weighted by atomic mass is 35.5. The van der Waals surface area contributed by atoms with Crippen LogP contribution in [0.1, 0.15) is 23.2 Å². The molecule has 1 aliphatic rings. The number of hydrogen-bond donors (Lipinski definition) is 0. The van der Waals surface area contributed by atoms with Crippen LogP contribution in [0.15, 0.2) is 12.3 Å². The number of pyridine rings is 1. The topological polar surface area (TPSA) is 79.6 Å².